The van der Waals surface area contributed by atoms with Crippen molar-refractivity contribution in [2.24, 2.45) is 5.10 Å². The van der Waals surface area contributed by atoms with Gasteiger partial charge in [0.25, 0.3) is 5.24 Å². The standard InChI is InChI=1S/C17H14ClF3N6O2/c18-15(28)14-12(21)8-24-16(26-14)22-3-4-23-17(29)27-13(1-2-25-27)9-5-10(19)7-11(20)6-9/h2,5-8,13H,1,3-4H2,(H,23,29)(H,22,24,26)/t13-/m0/s1. The largest absolute Gasteiger partial charge is 0.352 e. The monoisotopic (exact) mass is 426 g/mol. The van der Waals surface area contributed by atoms with Crippen molar-refractivity contribution in [2.75, 3.05) is 18.4 Å². The van der Waals surface area contributed by atoms with Gasteiger partial charge in [-0.1, -0.05) is 0 Å². The average Bonchev–Trinajstić information content (AvgIpc) is 3.15. The van der Waals surface area contributed by atoms with Crippen molar-refractivity contribution in [1.29, 1.82) is 0 Å². The summed E-state index contributed by atoms with van der Waals surface area (Å²) in [5, 5.41) is 9.24. The molecule has 0 saturated carbocycles. The molecule has 2 N–H and O–H groups in total. The van der Waals surface area contributed by atoms with E-state index in [1.54, 1.807) is 0 Å². The molecule has 0 radical (unpaired) electrons. The van der Waals surface area contributed by atoms with Gasteiger partial charge in [-0.05, 0) is 29.3 Å². The highest BCUT2D eigenvalue weighted by atomic mass is 35.5. The summed E-state index contributed by atoms with van der Waals surface area (Å²) in [6.07, 6.45) is 2.58. The van der Waals surface area contributed by atoms with Gasteiger partial charge in [-0.25, -0.2) is 32.9 Å². The molecule has 0 bridgehead atoms. The molecule has 1 atom stereocenters. The van der Waals surface area contributed by atoms with Gasteiger partial charge < -0.3 is 10.6 Å². The van der Waals surface area contributed by atoms with E-state index in [1.165, 1.54) is 6.21 Å². The van der Waals surface area contributed by atoms with E-state index in [0.29, 0.717) is 6.42 Å². The number of anilines is 1. The fourth-order valence-electron chi connectivity index (χ4n) is 2.67. The van der Waals surface area contributed by atoms with Crippen LogP contribution in [-0.4, -0.2) is 45.6 Å². The third-order valence-electron chi connectivity index (χ3n) is 3.92. The Morgan fingerprint density at radius 3 is 2.59 bits per heavy atom. The third-order valence-corrected chi connectivity index (χ3v) is 4.10. The Kier molecular flexibility index (Phi) is 6.27. The fourth-order valence-corrected chi connectivity index (χ4v) is 2.80. The Bertz CT molecular complexity index is 954. The fraction of sp³-hybridized carbons (Fsp3) is 0.235. The number of nitrogens with zero attached hydrogens (tertiary/aromatic N) is 4. The minimum absolute atomic E-state index is 0.0445. The lowest BCUT2D eigenvalue weighted by molar-refractivity contribution is 0.107. The highest BCUT2D eigenvalue weighted by Gasteiger charge is 2.28. The number of benzene rings is 1. The number of rotatable bonds is 6. The molecule has 0 spiro atoms. The van der Waals surface area contributed by atoms with Gasteiger partial charge in [0.15, 0.2) is 11.5 Å². The second kappa shape index (κ2) is 8.86. The molecule has 2 heterocycles. The molecule has 0 aliphatic carbocycles. The molecule has 1 aromatic carbocycles. The summed E-state index contributed by atoms with van der Waals surface area (Å²) in [4.78, 5) is 30.7. The molecular formula is C17H14ClF3N6O2. The van der Waals surface area contributed by atoms with E-state index in [9.17, 15) is 22.8 Å². The molecule has 1 aliphatic heterocycles. The molecule has 1 aromatic heterocycles. The van der Waals surface area contributed by atoms with Crippen LogP contribution in [0.15, 0.2) is 29.5 Å². The average molecular weight is 427 g/mol. The summed E-state index contributed by atoms with van der Waals surface area (Å²) < 4.78 is 40.2. The van der Waals surface area contributed by atoms with Gasteiger partial charge in [-0.15, -0.1) is 0 Å². The summed E-state index contributed by atoms with van der Waals surface area (Å²) in [6, 6.07) is 1.83. The predicted molar refractivity (Wildman–Crippen MR) is 98.1 cm³/mol. The predicted octanol–water partition coefficient (Wildman–Crippen LogP) is 2.83. The third kappa shape index (κ3) is 4.99. The van der Waals surface area contributed by atoms with Crippen LogP contribution in [0.2, 0.25) is 0 Å². The molecule has 1 aliphatic rings. The lowest BCUT2D eigenvalue weighted by atomic mass is 10.0. The van der Waals surface area contributed by atoms with Gasteiger partial charge in [0.05, 0.1) is 12.2 Å². The molecule has 0 fully saturated rings. The van der Waals surface area contributed by atoms with E-state index in [2.05, 4.69) is 25.7 Å². The molecule has 2 aromatic rings. The molecule has 29 heavy (non-hydrogen) atoms. The highest BCUT2D eigenvalue weighted by molar-refractivity contribution is 6.67. The zero-order valence-corrected chi connectivity index (χ0v) is 15.5. The van der Waals surface area contributed by atoms with E-state index in [0.717, 1.165) is 29.4 Å². The quantitative estimate of drug-likeness (QED) is 0.546. The molecular weight excluding hydrogens is 413 g/mol. The number of hydrogen-bond donors (Lipinski definition) is 2. The number of amides is 2. The van der Waals surface area contributed by atoms with Crippen LogP contribution in [0.1, 0.15) is 28.5 Å². The van der Waals surface area contributed by atoms with Crippen LogP contribution in [0.3, 0.4) is 0 Å². The maximum atomic E-state index is 13.4. The summed E-state index contributed by atoms with van der Waals surface area (Å²) in [5.74, 6) is -2.48. The van der Waals surface area contributed by atoms with Crippen LogP contribution in [0.4, 0.5) is 23.9 Å². The number of carbonyl (C=O) groups excluding carboxylic acids is 2. The van der Waals surface area contributed by atoms with Gasteiger partial charge in [-0.3, -0.25) is 4.79 Å². The Morgan fingerprint density at radius 1 is 1.17 bits per heavy atom. The summed E-state index contributed by atoms with van der Waals surface area (Å²) in [6.45, 7) is 0.240. The SMILES string of the molecule is O=C(Cl)c1nc(NCCNC(=O)N2N=CC[C@H]2c2cc(F)cc(F)c2)ncc1F. The van der Waals surface area contributed by atoms with Crippen molar-refractivity contribution < 1.29 is 22.8 Å². The number of aromatic nitrogens is 2. The lowest BCUT2D eigenvalue weighted by Gasteiger charge is -2.22. The second-order valence-electron chi connectivity index (χ2n) is 5.92. The second-order valence-corrected chi connectivity index (χ2v) is 6.26. The van der Waals surface area contributed by atoms with E-state index in [1.807, 2.05) is 0 Å². The zero-order chi connectivity index (χ0) is 21.0. The first-order valence-corrected chi connectivity index (χ1v) is 8.74. The van der Waals surface area contributed by atoms with E-state index < -0.39 is 40.5 Å². The minimum Gasteiger partial charge on any atom is -0.352 e. The van der Waals surface area contributed by atoms with Crippen LogP contribution in [0, 0.1) is 17.5 Å². The van der Waals surface area contributed by atoms with E-state index in [-0.39, 0.29) is 24.6 Å². The zero-order valence-electron chi connectivity index (χ0n) is 14.7. The Labute approximate surface area is 167 Å². The van der Waals surface area contributed by atoms with Crippen LogP contribution in [0.25, 0.3) is 0 Å². The first-order chi connectivity index (χ1) is 13.8. The Balaban J connectivity index is 1.54. The van der Waals surface area contributed by atoms with Crippen LogP contribution < -0.4 is 10.6 Å². The molecule has 8 nitrogen and oxygen atoms in total. The van der Waals surface area contributed by atoms with Crippen molar-refractivity contribution in [3.8, 4) is 0 Å². The van der Waals surface area contributed by atoms with Gasteiger partial charge >= 0.3 is 6.03 Å². The highest BCUT2D eigenvalue weighted by Crippen LogP contribution is 2.29. The topological polar surface area (TPSA) is 99.6 Å². The maximum absolute atomic E-state index is 13.4. The minimum atomic E-state index is -1.06. The normalized spacial score (nSPS) is 15.4. The maximum Gasteiger partial charge on any atom is 0.338 e. The first kappa shape index (κ1) is 20.5. The van der Waals surface area contributed by atoms with Crippen molar-refractivity contribution in [3.63, 3.8) is 0 Å². The lowest BCUT2D eigenvalue weighted by Crippen LogP contribution is -2.39. The number of urea groups is 1. The first-order valence-electron chi connectivity index (χ1n) is 8.37. The van der Waals surface area contributed by atoms with Gasteiger partial charge in [-0.2, -0.15) is 5.10 Å². The summed E-state index contributed by atoms with van der Waals surface area (Å²) >= 11 is 5.22. The van der Waals surface area contributed by atoms with Crippen molar-refractivity contribution in [1.82, 2.24) is 20.3 Å². The number of hydrogen-bond acceptors (Lipinski definition) is 6. The smallest absolute Gasteiger partial charge is 0.338 e. The molecule has 2 amide bonds. The van der Waals surface area contributed by atoms with Crippen LogP contribution in [0.5, 0.6) is 0 Å². The summed E-state index contributed by atoms with van der Waals surface area (Å²) in [7, 11) is 0. The Morgan fingerprint density at radius 2 is 1.90 bits per heavy atom. The van der Waals surface area contributed by atoms with Gasteiger partial charge in [0.1, 0.15) is 11.6 Å². The molecule has 152 valence electrons. The van der Waals surface area contributed by atoms with E-state index >= 15 is 0 Å². The molecule has 0 unspecified atom stereocenters. The van der Waals surface area contributed by atoms with E-state index in [4.69, 9.17) is 11.6 Å². The number of nitrogens with one attached hydrogen (secondary N) is 2. The Hall–Kier alpha value is -3.21. The molecule has 12 heteroatoms. The van der Waals surface area contributed by atoms with Crippen molar-refractivity contribution in [2.45, 2.75) is 12.5 Å². The van der Waals surface area contributed by atoms with Gasteiger partial charge in [0.2, 0.25) is 5.95 Å². The number of hydrazone groups is 1. The van der Waals surface area contributed by atoms with Gasteiger partial charge in [0, 0.05) is 31.8 Å². The molecule has 3 rings (SSSR count). The van der Waals surface area contributed by atoms with Crippen LogP contribution in [-0.2, 0) is 0 Å². The van der Waals surface area contributed by atoms with Crippen LogP contribution >= 0.6 is 11.6 Å². The number of halogens is 4. The summed E-state index contributed by atoms with van der Waals surface area (Å²) in [5.41, 5.74) is -0.281. The number of carbonyl (C=O) groups is 2. The molecule has 0 saturated heterocycles. The van der Waals surface area contributed by atoms with Crippen molar-refractivity contribution >= 4 is 35.0 Å². The van der Waals surface area contributed by atoms with Crippen molar-refractivity contribution in [3.05, 3.63) is 53.1 Å².